The molecule has 21 heavy (non-hydrogen) atoms. The number of aromatic nitrogens is 3. The van der Waals surface area contributed by atoms with E-state index in [9.17, 15) is 0 Å². The second-order valence-corrected chi connectivity index (χ2v) is 4.80. The number of aryl methyl sites for hydroxylation is 1. The topological polar surface area (TPSA) is 70.4 Å². The Hall–Kier alpha value is -1.63. The third-order valence-electron chi connectivity index (χ3n) is 3.37. The molecule has 0 atom stereocenters. The van der Waals surface area contributed by atoms with E-state index in [2.05, 4.69) is 51.4 Å². The zero-order chi connectivity index (χ0) is 15.5. The lowest BCUT2D eigenvalue weighted by molar-refractivity contribution is 0.300. The van der Waals surface area contributed by atoms with Crippen molar-refractivity contribution >= 4 is 5.96 Å². The normalized spacial score (nSPS) is 12.0. The third-order valence-corrected chi connectivity index (χ3v) is 3.37. The molecule has 0 saturated carbocycles. The van der Waals surface area contributed by atoms with Crippen LogP contribution in [0.3, 0.4) is 0 Å². The molecule has 1 rings (SSSR count). The molecule has 2 N–H and O–H groups in total. The molecule has 120 valence electrons. The van der Waals surface area contributed by atoms with E-state index in [4.69, 9.17) is 0 Å². The standard InChI is InChI=1S/C14H29N7/c1-5-15-14(16-9-8-10-21(6-2)7-3)17-11-13-18-12-19-20(13)4/h12H,5-11H2,1-4H3,(H2,15,16,17). The van der Waals surface area contributed by atoms with Gasteiger partial charge in [-0.05, 0) is 33.0 Å². The van der Waals surface area contributed by atoms with Gasteiger partial charge in [0.15, 0.2) is 5.96 Å². The highest BCUT2D eigenvalue weighted by atomic mass is 15.3. The van der Waals surface area contributed by atoms with Gasteiger partial charge in [0.2, 0.25) is 0 Å². The lowest BCUT2D eigenvalue weighted by Gasteiger charge is -2.18. The predicted molar refractivity (Wildman–Crippen MR) is 86.2 cm³/mol. The van der Waals surface area contributed by atoms with Gasteiger partial charge in [-0.1, -0.05) is 13.8 Å². The molecule has 0 radical (unpaired) electrons. The maximum Gasteiger partial charge on any atom is 0.191 e. The molecule has 0 bridgehead atoms. The second-order valence-electron chi connectivity index (χ2n) is 4.80. The molecule has 0 aliphatic carbocycles. The molecule has 1 aromatic heterocycles. The lowest BCUT2D eigenvalue weighted by Crippen LogP contribution is -2.38. The van der Waals surface area contributed by atoms with Gasteiger partial charge in [0.25, 0.3) is 0 Å². The summed E-state index contributed by atoms with van der Waals surface area (Å²) in [5.74, 6) is 1.69. The van der Waals surface area contributed by atoms with Gasteiger partial charge in [-0.15, -0.1) is 0 Å². The Morgan fingerprint density at radius 3 is 2.62 bits per heavy atom. The van der Waals surface area contributed by atoms with Crippen molar-refractivity contribution < 1.29 is 0 Å². The van der Waals surface area contributed by atoms with Crippen LogP contribution < -0.4 is 10.6 Å². The molecule has 0 aliphatic rings. The van der Waals surface area contributed by atoms with E-state index in [1.165, 1.54) is 0 Å². The van der Waals surface area contributed by atoms with Crippen molar-refractivity contribution in [3.8, 4) is 0 Å². The average Bonchev–Trinajstić information content (AvgIpc) is 2.90. The van der Waals surface area contributed by atoms with Crippen LogP contribution in [0.25, 0.3) is 0 Å². The summed E-state index contributed by atoms with van der Waals surface area (Å²) in [6.45, 7) is 12.1. The van der Waals surface area contributed by atoms with Crippen molar-refractivity contribution in [2.45, 2.75) is 33.7 Å². The summed E-state index contributed by atoms with van der Waals surface area (Å²) < 4.78 is 1.74. The van der Waals surface area contributed by atoms with Gasteiger partial charge in [0.05, 0.1) is 0 Å². The average molecular weight is 295 g/mol. The number of nitrogens with one attached hydrogen (secondary N) is 2. The molecular formula is C14H29N7. The Morgan fingerprint density at radius 1 is 1.29 bits per heavy atom. The SMILES string of the molecule is CCNC(=NCc1ncnn1C)NCCCN(CC)CC. The van der Waals surface area contributed by atoms with Gasteiger partial charge in [-0.2, -0.15) is 5.10 Å². The highest BCUT2D eigenvalue weighted by molar-refractivity contribution is 5.79. The van der Waals surface area contributed by atoms with Crippen LogP contribution in [0.2, 0.25) is 0 Å². The summed E-state index contributed by atoms with van der Waals surface area (Å²) in [7, 11) is 1.88. The number of aliphatic imine (C=N–C) groups is 1. The maximum atomic E-state index is 4.53. The van der Waals surface area contributed by atoms with Crippen LogP contribution in [0.1, 0.15) is 33.0 Å². The maximum absolute atomic E-state index is 4.53. The van der Waals surface area contributed by atoms with E-state index in [1.54, 1.807) is 11.0 Å². The fourth-order valence-corrected chi connectivity index (χ4v) is 2.00. The Bertz CT molecular complexity index is 409. The lowest BCUT2D eigenvalue weighted by atomic mass is 10.3. The highest BCUT2D eigenvalue weighted by Gasteiger charge is 2.02. The number of hydrogen-bond donors (Lipinski definition) is 2. The summed E-state index contributed by atoms with van der Waals surface area (Å²) >= 11 is 0. The fraction of sp³-hybridized carbons (Fsp3) is 0.786. The number of guanidine groups is 1. The minimum Gasteiger partial charge on any atom is -0.357 e. The quantitative estimate of drug-likeness (QED) is 0.397. The Kier molecular flexibility index (Phi) is 8.42. The largest absolute Gasteiger partial charge is 0.357 e. The predicted octanol–water partition coefficient (Wildman–Crippen LogP) is 0.602. The van der Waals surface area contributed by atoms with Crippen molar-refractivity contribution in [1.29, 1.82) is 0 Å². The molecule has 1 heterocycles. The third kappa shape index (κ3) is 6.57. The molecule has 7 nitrogen and oxygen atoms in total. The van der Waals surface area contributed by atoms with Gasteiger partial charge >= 0.3 is 0 Å². The van der Waals surface area contributed by atoms with Crippen LogP contribution in [0.15, 0.2) is 11.3 Å². The first-order valence-corrected chi connectivity index (χ1v) is 7.78. The van der Waals surface area contributed by atoms with Crippen LogP contribution in [-0.4, -0.2) is 58.3 Å². The molecule has 7 heteroatoms. The molecule has 0 saturated heterocycles. The molecule has 0 aliphatic heterocycles. The van der Waals surface area contributed by atoms with E-state index in [0.29, 0.717) is 6.54 Å². The minimum absolute atomic E-state index is 0.530. The first kappa shape index (κ1) is 17.4. The molecule has 0 fully saturated rings. The van der Waals surface area contributed by atoms with E-state index in [-0.39, 0.29) is 0 Å². The first-order chi connectivity index (χ1) is 10.2. The summed E-state index contributed by atoms with van der Waals surface area (Å²) in [5.41, 5.74) is 0. The minimum atomic E-state index is 0.530. The van der Waals surface area contributed by atoms with Crippen molar-refractivity contribution in [1.82, 2.24) is 30.3 Å². The first-order valence-electron chi connectivity index (χ1n) is 7.78. The smallest absolute Gasteiger partial charge is 0.191 e. The summed E-state index contributed by atoms with van der Waals surface area (Å²) in [6, 6.07) is 0. The van der Waals surface area contributed by atoms with Crippen LogP contribution >= 0.6 is 0 Å². The fourth-order valence-electron chi connectivity index (χ4n) is 2.00. The van der Waals surface area contributed by atoms with E-state index in [1.807, 2.05) is 7.05 Å². The number of rotatable bonds is 9. The van der Waals surface area contributed by atoms with Crippen LogP contribution in [0.5, 0.6) is 0 Å². The zero-order valence-electron chi connectivity index (χ0n) is 13.8. The van der Waals surface area contributed by atoms with E-state index < -0.39 is 0 Å². The number of hydrogen-bond acceptors (Lipinski definition) is 4. The monoisotopic (exact) mass is 295 g/mol. The van der Waals surface area contributed by atoms with Crippen molar-refractivity contribution in [2.75, 3.05) is 32.7 Å². The van der Waals surface area contributed by atoms with E-state index in [0.717, 1.165) is 50.9 Å². The van der Waals surface area contributed by atoms with Gasteiger partial charge in [0.1, 0.15) is 18.7 Å². The molecule has 0 spiro atoms. The van der Waals surface area contributed by atoms with Gasteiger partial charge in [0, 0.05) is 20.1 Å². The summed E-state index contributed by atoms with van der Waals surface area (Å²) in [5, 5.41) is 10.7. The Balaban J connectivity index is 2.37. The van der Waals surface area contributed by atoms with Gasteiger partial charge in [-0.25, -0.2) is 9.98 Å². The zero-order valence-corrected chi connectivity index (χ0v) is 13.8. The molecule has 0 unspecified atom stereocenters. The van der Waals surface area contributed by atoms with Gasteiger partial charge in [-0.3, -0.25) is 4.68 Å². The van der Waals surface area contributed by atoms with Crippen LogP contribution in [0.4, 0.5) is 0 Å². The molecule has 0 amide bonds. The Labute approximate surface area is 127 Å². The van der Waals surface area contributed by atoms with Crippen LogP contribution in [-0.2, 0) is 13.6 Å². The number of nitrogens with zero attached hydrogens (tertiary/aromatic N) is 5. The molecule has 0 aromatic carbocycles. The van der Waals surface area contributed by atoms with Crippen molar-refractivity contribution in [3.63, 3.8) is 0 Å². The van der Waals surface area contributed by atoms with Crippen LogP contribution in [0, 0.1) is 0 Å². The summed E-state index contributed by atoms with van der Waals surface area (Å²) in [4.78, 5) is 11.1. The molecular weight excluding hydrogens is 266 g/mol. The second kappa shape index (κ2) is 10.1. The van der Waals surface area contributed by atoms with E-state index >= 15 is 0 Å². The van der Waals surface area contributed by atoms with Crippen molar-refractivity contribution in [3.05, 3.63) is 12.2 Å². The Morgan fingerprint density at radius 2 is 2.05 bits per heavy atom. The highest BCUT2D eigenvalue weighted by Crippen LogP contribution is 1.93. The molecule has 1 aromatic rings. The summed E-state index contributed by atoms with van der Waals surface area (Å²) in [6.07, 6.45) is 2.66. The van der Waals surface area contributed by atoms with Gasteiger partial charge < -0.3 is 15.5 Å². The van der Waals surface area contributed by atoms with Crippen molar-refractivity contribution in [2.24, 2.45) is 12.0 Å².